The number of fused-ring (bicyclic) bond motifs is 1. The number of aromatic nitrogens is 1. The Kier molecular flexibility index (Phi) is 2.43. The van der Waals surface area contributed by atoms with Crippen molar-refractivity contribution in [2.24, 2.45) is 5.92 Å². The molecule has 2 aliphatic heterocycles. The van der Waals surface area contributed by atoms with Gasteiger partial charge in [-0.05, 0) is 37.1 Å². The molecular weight excluding hydrogens is 186 g/mol. The van der Waals surface area contributed by atoms with E-state index in [0.29, 0.717) is 0 Å². The Morgan fingerprint density at radius 2 is 2.47 bits per heavy atom. The van der Waals surface area contributed by atoms with Gasteiger partial charge >= 0.3 is 0 Å². The molecule has 0 aliphatic carbocycles. The topological polar surface area (TPSA) is 28.2 Å². The fraction of sp³-hybridized carbons (Fsp3) is 0.583. The minimum Gasteiger partial charge on any atom is -0.315 e. The van der Waals surface area contributed by atoms with E-state index in [4.69, 9.17) is 0 Å². The number of pyridine rings is 1. The van der Waals surface area contributed by atoms with Crippen molar-refractivity contribution in [3.8, 4) is 0 Å². The summed E-state index contributed by atoms with van der Waals surface area (Å²) in [5, 5.41) is 3.48. The van der Waals surface area contributed by atoms with Crippen LogP contribution < -0.4 is 5.32 Å². The maximum Gasteiger partial charge on any atom is 0.0312 e. The zero-order chi connectivity index (χ0) is 10.1. The summed E-state index contributed by atoms with van der Waals surface area (Å²) in [7, 11) is 0. The Bertz CT molecular complexity index is 325. The van der Waals surface area contributed by atoms with Crippen LogP contribution in [0, 0.1) is 5.92 Å². The van der Waals surface area contributed by atoms with Crippen molar-refractivity contribution in [2.45, 2.75) is 19.0 Å². The van der Waals surface area contributed by atoms with Gasteiger partial charge in [-0.2, -0.15) is 0 Å². The van der Waals surface area contributed by atoms with Crippen LogP contribution >= 0.6 is 0 Å². The van der Waals surface area contributed by atoms with Gasteiger partial charge in [0.15, 0.2) is 0 Å². The summed E-state index contributed by atoms with van der Waals surface area (Å²) in [6.07, 6.45) is 5.18. The van der Waals surface area contributed by atoms with Crippen molar-refractivity contribution in [1.29, 1.82) is 0 Å². The molecule has 3 rings (SSSR count). The van der Waals surface area contributed by atoms with Crippen molar-refractivity contribution in [1.82, 2.24) is 15.2 Å². The van der Waals surface area contributed by atoms with Gasteiger partial charge in [0.2, 0.25) is 0 Å². The first kappa shape index (κ1) is 9.31. The molecule has 15 heavy (non-hydrogen) atoms. The van der Waals surface area contributed by atoms with E-state index < -0.39 is 0 Å². The average Bonchev–Trinajstić information content (AvgIpc) is 2.85. The van der Waals surface area contributed by atoms with Gasteiger partial charge in [0.05, 0.1) is 0 Å². The lowest BCUT2D eigenvalue weighted by atomic mass is 10.1. The van der Waals surface area contributed by atoms with Crippen molar-refractivity contribution in [2.75, 3.05) is 19.6 Å². The predicted octanol–water partition coefficient (Wildman–Crippen LogP) is 0.875. The number of hydrogen-bond acceptors (Lipinski definition) is 3. The molecule has 2 aliphatic rings. The molecule has 2 fully saturated rings. The van der Waals surface area contributed by atoms with Crippen LogP contribution in [0.2, 0.25) is 0 Å². The molecule has 3 heterocycles. The maximum absolute atomic E-state index is 4.17. The minimum atomic E-state index is 0.769. The number of likely N-dealkylation sites (tertiary alicyclic amines) is 1. The Morgan fingerprint density at radius 1 is 1.47 bits per heavy atom. The minimum absolute atomic E-state index is 0.769. The fourth-order valence-electron chi connectivity index (χ4n) is 2.86. The summed E-state index contributed by atoms with van der Waals surface area (Å²) >= 11 is 0. The molecule has 0 amide bonds. The molecule has 0 spiro atoms. The van der Waals surface area contributed by atoms with Gasteiger partial charge in [-0.25, -0.2) is 0 Å². The van der Waals surface area contributed by atoms with Gasteiger partial charge in [0, 0.05) is 31.5 Å². The van der Waals surface area contributed by atoms with E-state index in [-0.39, 0.29) is 0 Å². The van der Waals surface area contributed by atoms with Crippen molar-refractivity contribution < 1.29 is 0 Å². The van der Waals surface area contributed by atoms with Gasteiger partial charge in [-0.3, -0.25) is 9.88 Å². The smallest absolute Gasteiger partial charge is 0.0312 e. The lowest BCUT2D eigenvalue weighted by Gasteiger charge is -2.22. The Balaban J connectivity index is 1.69. The quantitative estimate of drug-likeness (QED) is 0.773. The van der Waals surface area contributed by atoms with E-state index in [0.717, 1.165) is 18.5 Å². The van der Waals surface area contributed by atoms with Crippen LogP contribution in [0.4, 0.5) is 0 Å². The average molecular weight is 203 g/mol. The first-order valence-corrected chi connectivity index (χ1v) is 5.77. The summed E-state index contributed by atoms with van der Waals surface area (Å²) in [6, 6.07) is 4.96. The van der Waals surface area contributed by atoms with Gasteiger partial charge in [0.25, 0.3) is 0 Å². The first-order chi connectivity index (χ1) is 7.43. The summed E-state index contributed by atoms with van der Waals surface area (Å²) < 4.78 is 0. The molecule has 0 radical (unpaired) electrons. The van der Waals surface area contributed by atoms with E-state index in [1.807, 2.05) is 18.5 Å². The maximum atomic E-state index is 4.17. The Hall–Kier alpha value is -0.930. The molecule has 2 atom stereocenters. The summed E-state index contributed by atoms with van der Waals surface area (Å²) in [4.78, 5) is 6.77. The molecule has 0 unspecified atom stereocenters. The molecule has 3 heteroatoms. The normalized spacial score (nSPS) is 30.7. The molecule has 0 bridgehead atoms. The van der Waals surface area contributed by atoms with Crippen LogP contribution in [0.3, 0.4) is 0 Å². The lowest BCUT2D eigenvalue weighted by Crippen LogP contribution is -2.33. The molecule has 3 nitrogen and oxygen atoms in total. The number of rotatable bonds is 2. The molecule has 2 saturated heterocycles. The number of nitrogens with zero attached hydrogens (tertiary/aromatic N) is 2. The summed E-state index contributed by atoms with van der Waals surface area (Å²) in [6.45, 7) is 4.71. The third kappa shape index (κ3) is 1.77. The highest BCUT2D eigenvalue weighted by molar-refractivity contribution is 5.09. The van der Waals surface area contributed by atoms with Gasteiger partial charge in [0.1, 0.15) is 0 Å². The van der Waals surface area contributed by atoms with Gasteiger partial charge in [-0.1, -0.05) is 6.07 Å². The van der Waals surface area contributed by atoms with Crippen LogP contribution in [-0.4, -0.2) is 35.6 Å². The molecule has 1 N–H and O–H groups in total. The van der Waals surface area contributed by atoms with E-state index in [1.165, 1.54) is 31.6 Å². The van der Waals surface area contributed by atoms with Crippen LogP contribution in [0.15, 0.2) is 24.5 Å². The van der Waals surface area contributed by atoms with Crippen LogP contribution in [0.5, 0.6) is 0 Å². The second kappa shape index (κ2) is 3.91. The van der Waals surface area contributed by atoms with E-state index >= 15 is 0 Å². The Morgan fingerprint density at radius 3 is 3.33 bits per heavy atom. The predicted molar refractivity (Wildman–Crippen MR) is 59.4 cm³/mol. The highest BCUT2D eigenvalue weighted by atomic mass is 15.2. The second-order valence-electron chi connectivity index (χ2n) is 4.61. The first-order valence-electron chi connectivity index (χ1n) is 5.77. The zero-order valence-corrected chi connectivity index (χ0v) is 8.89. The highest BCUT2D eigenvalue weighted by Gasteiger charge is 2.36. The molecule has 1 aromatic heterocycles. The molecule has 0 saturated carbocycles. The van der Waals surface area contributed by atoms with E-state index in [9.17, 15) is 0 Å². The highest BCUT2D eigenvalue weighted by Crippen LogP contribution is 2.28. The molecule has 1 aromatic rings. The standard InChI is InChI=1S/C12H17N3/c1-2-10(6-13-4-1)9-15-5-3-11-7-14-8-12(11)15/h1-2,4,6,11-12,14H,3,5,7-9H2/t11-,12+/m0/s1. The number of hydrogen-bond donors (Lipinski definition) is 1. The second-order valence-corrected chi connectivity index (χ2v) is 4.61. The van der Waals surface area contributed by atoms with Crippen LogP contribution in [0.25, 0.3) is 0 Å². The van der Waals surface area contributed by atoms with Gasteiger partial charge < -0.3 is 5.32 Å². The van der Waals surface area contributed by atoms with E-state index in [1.54, 1.807) is 0 Å². The third-order valence-electron chi connectivity index (χ3n) is 3.67. The van der Waals surface area contributed by atoms with Crippen molar-refractivity contribution >= 4 is 0 Å². The SMILES string of the molecule is c1cncc(CN2CC[C@H]3CNC[C@H]32)c1. The summed E-state index contributed by atoms with van der Waals surface area (Å²) in [5.41, 5.74) is 1.34. The molecular formula is C12H17N3. The molecule has 80 valence electrons. The largest absolute Gasteiger partial charge is 0.315 e. The molecule has 0 aromatic carbocycles. The Labute approximate surface area is 90.5 Å². The van der Waals surface area contributed by atoms with Crippen LogP contribution in [-0.2, 0) is 6.54 Å². The van der Waals surface area contributed by atoms with Crippen molar-refractivity contribution in [3.63, 3.8) is 0 Å². The third-order valence-corrected chi connectivity index (χ3v) is 3.67. The lowest BCUT2D eigenvalue weighted by molar-refractivity contribution is 0.244. The van der Waals surface area contributed by atoms with E-state index in [2.05, 4.69) is 21.3 Å². The zero-order valence-electron chi connectivity index (χ0n) is 8.89. The monoisotopic (exact) mass is 203 g/mol. The van der Waals surface area contributed by atoms with Crippen LogP contribution in [0.1, 0.15) is 12.0 Å². The number of nitrogens with one attached hydrogen (secondary N) is 1. The van der Waals surface area contributed by atoms with Gasteiger partial charge in [-0.15, -0.1) is 0 Å². The fourth-order valence-corrected chi connectivity index (χ4v) is 2.86. The van der Waals surface area contributed by atoms with Crippen molar-refractivity contribution in [3.05, 3.63) is 30.1 Å². The summed E-state index contributed by atoms with van der Waals surface area (Å²) in [5.74, 6) is 0.890.